The average molecular weight is 1760 g/mol. The maximum absolute atomic E-state index is 13.4. The SMILES string of the molecule is CC(C)c1ccc(S(=O)(=O)Nc2cc(C(F)F)nn2-c2cccc3ncccc23)cc1.CCC(C)(C)c1ccc(S(=O)(=O)Nc2cc(C)nn2-c2cccc3ncccc23)cc1.Cc1cc(NS(=O)(=O)c2ccc(OC(F)(F)F)cc2)n(-c2cccc3ncccc23)n1.[C-]#[N+]c1cc(NS(=O)(=O)c2ccc(C(C)(C)C)cc2)n(-c2cccc3ncccc23)n1. The number of nitrogens with zero attached hydrogens (tertiary/aromatic N) is 13. The maximum Gasteiger partial charge on any atom is 0.573 e. The fourth-order valence-electron chi connectivity index (χ4n) is 13.1. The summed E-state index contributed by atoms with van der Waals surface area (Å²) in [5, 5.41) is 20.2. The smallest absolute Gasteiger partial charge is 0.406 e. The molecule has 0 saturated carbocycles. The van der Waals surface area contributed by atoms with Crippen LogP contribution in [0.5, 0.6) is 5.75 Å². The van der Waals surface area contributed by atoms with Gasteiger partial charge in [-0.3, -0.25) is 38.8 Å². The molecule has 35 heteroatoms. The lowest BCUT2D eigenvalue weighted by Gasteiger charge is -2.23. The first kappa shape index (κ1) is 88.0. The van der Waals surface area contributed by atoms with E-state index >= 15 is 0 Å². The molecule has 0 radical (unpaired) electrons. The standard InChI is InChI=1S/C24H26N4O2S.C23H21N5O2S.C22H20F2N4O2S.C20H15F3N4O3S/c1-5-24(3,4)18-11-13-19(14-12-18)31(29,30)27-23-16-17(2)26-28(23)22-10-6-9-21-20(22)8-7-15-25-21;1-23(2,3)16-10-12-17(13-11-16)31(29,30)27-22-15-21(24-4)26-28(22)20-9-5-8-19-18(20)7-6-14-25-19;1-14(2)15-8-10-16(11-9-15)31(29,30)27-21-13-19(22(23)24)26-28(21)20-7-3-6-18-17(20)5-4-12-25-18;1-13-12-19(27(25-13)18-6-2-5-17-16(18)4-3-11-24-17)26-31(28,29)15-9-7-14(8-10-15)30-20(21,22)23/h6-16,27H,5H2,1-4H3;5-15,27H,1-3H3;3-14,22,27H,1-2H3;2-12,26H,1H3. The molecule has 0 fully saturated rings. The molecule has 8 heterocycles. The number of nitrogens with one attached hydrogen (secondary N) is 4. The number of ether oxygens (including phenoxy) is 1. The lowest BCUT2D eigenvalue weighted by molar-refractivity contribution is -0.274. The van der Waals surface area contributed by atoms with E-state index in [0.29, 0.717) is 50.7 Å². The van der Waals surface area contributed by atoms with Gasteiger partial charge >= 0.3 is 6.36 Å². The molecule has 0 atom stereocenters. The van der Waals surface area contributed by atoms with Crippen LogP contribution in [0.25, 0.3) is 71.2 Å². The zero-order valence-electron chi connectivity index (χ0n) is 68.3. The van der Waals surface area contributed by atoms with Crippen molar-refractivity contribution in [2.75, 3.05) is 18.9 Å². The van der Waals surface area contributed by atoms with Crippen molar-refractivity contribution < 1.29 is 60.4 Å². The number of hydrogen-bond donors (Lipinski definition) is 4. The van der Waals surface area contributed by atoms with Crippen LogP contribution >= 0.6 is 0 Å². The Labute approximate surface area is 712 Å². The van der Waals surface area contributed by atoms with E-state index in [4.69, 9.17) is 6.57 Å². The number of benzene rings is 8. The van der Waals surface area contributed by atoms with E-state index in [0.717, 1.165) is 86.3 Å². The quantitative estimate of drug-likeness (QED) is 0.0384. The van der Waals surface area contributed by atoms with E-state index in [2.05, 4.69) is 110 Å². The number of aromatic nitrogens is 12. The minimum absolute atomic E-state index is 0.00610. The Morgan fingerprint density at radius 3 is 1.06 bits per heavy atom. The Balaban J connectivity index is 0.000000142. The van der Waals surface area contributed by atoms with Crippen molar-refractivity contribution in [2.45, 2.75) is 125 Å². The third-order valence-corrected chi connectivity index (χ3v) is 25.4. The fraction of sp³-hybridized carbons (Fsp3) is 0.180. The second kappa shape index (κ2) is 35.7. The summed E-state index contributed by atoms with van der Waals surface area (Å²) < 4.78 is 187. The zero-order valence-corrected chi connectivity index (χ0v) is 71.5. The summed E-state index contributed by atoms with van der Waals surface area (Å²) in [6.07, 6.45) is -0.0763. The van der Waals surface area contributed by atoms with Crippen LogP contribution in [0.4, 0.5) is 51.0 Å². The lowest BCUT2D eigenvalue weighted by atomic mass is 9.82. The molecule has 0 aliphatic heterocycles. The molecule has 8 aromatic carbocycles. The first-order valence-electron chi connectivity index (χ1n) is 38.4. The Bertz CT molecular complexity index is 7120. The monoisotopic (exact) mass is 1760 g/mol. The molecule has 0 aliphatic rings. The number of fused-ring (bicyclic) bond motifs is 4. The van der Waals surface area contributed by atoms with E-state index in [-0.39, 0.29) is 59.6 Å². The van der Waals surface area contributed by atoms with Gasteiger partial charge in [0.2, 0.25) is 0 Å². The first-order valence-corrected chi connectivity index (χ1v) is 44.4. The van der Waals surface area contributed by atoms with E-state index in [1.165, 1.54) is 32.2 Å². The Kier molecular flexibility index (Phi) is 25.3. The fourth-order valence-corrected chi connectivity index (χ4v) is 17.2. The Hall–Kier alpha value is -13.8. The van der Waals surface area contributed by atoms with Gasteiger partial charge in [0.05, 0.1) is 75.8 Å². The number of halogens is 5. The number of pyridine rings is 4. The van der Waals surface area contributed by atoms with E-state index < -0.39 is 64.3 Å². The van der Waals surface area contributed by atoms with Crippen molar-refractivity contribution in [3.8, 4) is 28.5 Å². The van der Waals surface area contributed by atoms with Crippen LogP contribution < -0.4 is 23.6 Å². The van der Waals surface area contributed by atoms with Gasteiger partial charge in [-0.2, -0.15) is 15.3 Å². The third kappa shape index (κ3) is 20.2. The van der Waals surface area contributed by atoms with Crippen molar-refractivity contribution >= 4 is 113 Å². The van der Waals surface area contributed by atoms with Gasteiger partial charge in [-0.05, 0) is 217 Å². The summed E-state index contributed by atoms with van der Waals surface area (Å²) in [7, 11) is -15.8. The molecule has 16 rings (SSSR count). The summed E-state index contributed by atoms with van der Waals surface area (Å²) >= 11 is 0. The summed E-state index contributed by atoms with van der Waals surface area (Å²) in [5.41, 5.74) is 9.13. The van der Waals surface area contributed by atoms with Crippen LogP contribution in [0.1, 0.15) is 108 Å². The minimum atomic E-state index is -4.87. The predicted octanol–water partition coefficient (Wildman–Crippen LogP) is 20.0. The summed E-state index contributed by atoms with van der Waals surface area (Å²) in [6.45, 7) is 27.5. The second-order valence-corrected chi connectivity index (χ2v) is 37.1. The van der Waals surface area contributed by atoms with Crippen molar-refractivity contribution in [2.24, 2.45) is 0 Å². The number of anilines is 4. The number of rotatable bonds is 21. The van der Waals surface area contributed by atoms with Gasteiger partial charge in [-0.15, -0.1) is 17.9 Å². The minimum Gasteiger partial charge on any atom is -0.406 e. The summed E-state index contributed by atoms with van der Waals surface area (Å²) in [5.74, 6) is 0.468. The molecule has 0 saturated heterocycles. The van der Waals surface area contributed by atoms with Crippen molar-refractivity contribution in [3.05, 3.63) is 313 Å². The van der Waals surface area contributed by atoms with Gasteiger partial charge in [-0.1, -0.05) is 123 Å². The number of hydrogen-bond acceptors (Lipinski definition) is 17. The molecular weight excluding hydrogens is 1670 g/mol. The molecule has 0 spiro atoms. The average Bonchev–Trinajstić information content (AvgIpc) is 1.61. The highest BCUT2D eigenvalue weighted by atomic mass is 32.2. The number of sulfonamides is 4. The third-order valence-electron chi connectivity index (χ3n) is 19.9. The molecule has 4 N–H and O–H groups in total. The van der Waals surface area contributed by atoms with Crippen LogP contribution in [-0.4, -0.2) is 99.1 Å². The molecule has 26 nitrogen and oxygen atoms in total. The second-order valence-electron chi connectivity index (χ2n) is 30.3. The first-order chi connectivity index (χ1) is 58.8. The van der Waals surface area contributed by atoms with Gasteiger partial charge < -0.3 is 9.58 Å². The van der Waals surface area contributed by atoms with Gasteiger partial charge in [0.1, 0.15) is 28.9 Å². The van der Waals surface area contributed by atoms with Gasteiger partial charge in [0, 0.05) is 70.6 Å². The van der Waals surface area contributed by atoms with Crippen molar-refractivity contribution in [1.82, 2.24) is 59.1 Å². The molecule has 16 aromatic rings. The topological polar surface area (TPSA) is 321 Å². The van der Waals surface area contributed by atoms with Gasteiger partial charge in [0.15, 0.2) is 5.82 Å². The molecule has 636 valence electrons. The normalized spacial score (nSPS) is 12.1. The molecule has 0 aliphatic carbocycles. The molecule has 0 bridgehead atoms. The van der Waals surface area contributed by atoms with E-state index in [9.17, 15) is 55.6 Å². The van der Waals surface area contributed by atoms with Crippen LogP contribution in [0.3, 0.4) is 0 Å². The van der Waals surface area contributed by atoms with Crippen LogP contribution in [0.2, 0.25) is 0 Å². The maximum atomic E-state index is 13.4. The van der Waals surface area contributed by atoms with Crippen LogP contribution in [0, 0.1) is 20.4 Å². The highest BCUT2D eigenvalue weighted by molar-refractivity contribution is 7.93. The van der Waals surface area contributed by atoms with E-state index in [1.807, 2.05) is 106 Å². The van der Waals surface area contributed by atoms with Crippen molar-refractivity contribution in [3.63, 3.8) is 0 Å². The van der Waals surface area contributed by atoms with Crippen molar-refractivity contribution in [1.29, 1.82) is 0 Å². The highest BCUT2D eigenvalue weighted by Crippen LogP contribution is 2.36. The van der Waals surface area contributed by atoms with Gasteiger partial charge in [0.25, 0.3) is 52.3 Å². The highest BCUT2D eigenvalue weighted by Gasteiger charge is 2.32. The molecule has 0 amide bonds. The molecular formula is C89H82F5N17O9S4. The Morgan fingerprint density at radius 2 is 0.734 bits per heavy atom. The predicted molar refractivity (Wildman–Crippen MR) is 468 cm³/mol. The summed E-state index contributed by atoms with van der Waals surface area (Å²) in [4.78, 5) is 20.8. The molecule has 0 unspecified atom stereocenters. The number of aryl methyl sites for hydroxylation is 2. The largest absolute Gasteiger partial charge is 0.573 e. The van der Waals surface area contributed by atoms with Gasteiger partial charge in [-0.25, -0.2) is 56.5 Å². The molecule has 8 aromatic heterocycles. The summed E-state index contributed by atoms with van der Waals surface area (Å²) in [6, 6.07) is 66.2. The van der Waals surface area contributed by atoms with E-state index in [1.54, 1.807) is 146 Å². The number of alkyl halides is 5. The lowest BCUT2D eigenvalue weighted by Crippen LogP contribution is -2.18. The Morgan fingerprint density at radius 1 is 0.411 bits per heavy atom. The molecule has 124 heavy (non-hydrogen) atoms. The van der Waals surface area contributed by atoms with Crippen LogP contribution in [0.15, 0.2) is 287 Å². The van der Waals surface area contributed by atoms with Crippen LogP contribution in [-0.2, 0) is 50.9 Å². The zero-order chi connectivity index (χ0) is 88.8.